The number of aliphatic hydroxyl groups is 1. The number of unbranched alkanes of at least 4 members (excludes halogenated alkanes) is 2. The van der Waals surface area contributed by atoms with Crippen LogP contribution in [0.2, 0.25) is 0 Å². The minimum Gasteiger partial charge on any atom is -0.391 e. The summed E-state index contributed by atoms with van der Waals surface area (Å²) in [5, 5.41) is 19.5. The van der Waals surface area contributed by atoms with Gasteiger partial charge in [-0.05, 0) is 43.2 Å². The van der Waals surface area contributed by atoms with E-state index in [4.69, 9.17) is 0 Å². The molecule has 1 N–H and O–H groups in total. The third-order valence-electron chi connectivity index (χ3n) is 6.44. The second-order valence-electron chi connectivity index (χ2n) is 8.89. The summed E-state index contributed by atoms with van der Waals surface area (Å²) >= 11 is 0. The Kier molecular flexibility index (Phi) is 7.18. The number of piperidine rings is 1. The van der Waals surface area contributed by atoms with E-state index in [1.165, 1.54) is 12.1 Å². The quantitative estimate of drug-likeness (QED) is 0.523. The van der Waals surface area contributed by atoms with Crippen LogP contribution < -0.4 is 0 Å². The average molecular weight is 451 g/mol. The van der Waals surface area contributed by atoms with E-state index in [1.807, 2.05) is 36.1 Å². The number of aromatic nitrogens is 3. The SMILES string of the molecule is CCCCCC(=O)N1CC(n2cc(-c3ccc(F)cc3)nn2)C(O)CC1c1ccc(C)cc1. The van der Waals surface area contributed by atoms with Gasteiger partial charge in [-0.1, -0.05) is 54.8 Å². The number of benzene rings is 2. The summed E-state index contributed by atoms with van der Waals surface area (Å²) in [4.78, 5) is 15.1. The van der Waals surface area contributed by atoms with E-state index in [9.17, 15) is 14.3 Å². The summed E-state index contributed by atoms with van der Waals surface area (Å²) < 4.78 is 14.9. The van der Waals surface area contributed by atoms with Crippen molar-refractivity contribution in [2.24, 2.45) is 0 Å². The minimum absolute atomic E-state index is 0.102. The van der Waals surface area contributed by atoms with Gasteiger partial charge >= 0.3 is 0 Å². The molecule has 2 aromatic carbocycles. The molecule has 33 heavy (non-hydrogen) atoms. The zero-order valence-corrected chi connectivity index (χ0v) is 19.2. The van der Waals surface area contributed by atoms with Crippen LogP contribution in [0.5, 0.6) is 0 Å². The number of halogens is 1. The number of likely N-dealkylation sites (tertiary alicyclic amines) is 1. The molecule has 1 fully saturated rings. The molecule has 0 saturated carbocycles. The Morgan fingerprint density at radius 1 is 1.12 bits per heavy atom. The van der Waals surface area contributed by atoms with Gasteiger partial charge in [-0.2, -0.15) is 0 Å². The maximum absolute atomic E-state index is 13.3. The minimum atomic E-state index is -0.682. The summed E-state index contributed by atoms with van der Waals surface area (Å²) in [7, 11) is 0. The second-order valence-corrected chi connectivity index (χ2v) is 8.89. The monoisotopic (exact) mass is 450 g/mol. The summed E-state index contributed by atoms with van der Waals surface area (Å²) in [5.41, 5.74) is 3.54. The number of rotatable bonds is 7. The van der Waals surface area contributed by atoms with E-state index in [1.54, 1.807) is 23.0 Å². The molecule has 3 unspecified atom stereocenters. The van der Waals surface area contributed by atoms with Crippen molar-refractivity contribution in [1.82, 2.24) is 19.9 Å². The molecule has 4 rings (SSSR count). The van der Waals surface area contributed by atoms with E-state index < -0.39 is 12.1 Å². The maximum atomic E-state index is 13.3. The summed E-state index contributed by atoms with van der Waals surface area (Å²) in [6.45, 7) is 4.51. The first-order valence-corrected chi connectivity index (χ1v) is 11.7. The molecule has 1 aliphatic rings. The van der Waals surface area contributed by atoms with Crippen LogP contribution >= 0.6 is 0 Å². The lowest BCUT2D eigenvalue weighted by molar-refractivity contribution is -0.139. The number of amides is 1. The molecule has 6 nitrogen and oxygen atoms in total. The number of aliphatic hydroxyl groups excluding tert-OH is 1. The van der Waals surface area contributed by atoms with Gasteiger partial charge in [0.05, 0.1) is 24.4 Å². The van der Waals surface area contributed by atoms with E-state index in [0.717, 1.165) is 36.0 Å². The largest absolute Gasteiger partial charge is 0.391 e. The lowest BCUT2D eigenvalue weighted by atomic mass is 9.89. The fraction of sp³-hybridized carbons (Fsp3) is 0.423. The molecule has 0 bridgehead atoms. The maximum Gasteiger partial charge on any atom is 0.223 e. The molecule has 3 atom stereocenters. The number of nitrogens with zero attached hydrogens (tertiary/aromatic N) is 4. The molecule has 1 aromatic heterocycles. The van der Waals surface area contributed by atoms with Crippen LogP contribution in [0.4, 0.5) is 4.39 Å². The van der Waals surface area contributed by atoms with Gasteiger partial charge in [0, 0.05) is 24.9 Å². The van der Waals surface area contributed by atoms with Crippen molar-refractivity contribution < 1.29 is 14.3 Å². The number of hydrogen-bond donors (Lipinski definition) is 1. The van der Waals surface area contributed by atoms with E-state index in [-0.39, 0.29) is 17.8 Å². The van der Waals surface area contributed by atoms with Crippen LogP contribution in [0.1, 0.15) is 62.2 Å². The lowest BCUT2D eigenvalue weighted by Gasteiger charge is -2.42. The van der Waals surface area contributed by atoms with Crippen molar-refractivity contribution in [3.05, 3.63) is 71.7 Å². The van der Waals surface area contributed by atoms with Gasteiger partial charge in [0.1, 0.15) is 11.5 Å². The predicted molar refractivity (Wildman–Crippen MR) is 125 cm³/mol. The number of carbonyl (C=O) groups is 1. The third-order valence-corrected chi connectivity index (χ3v) is 6.44. The summed E-state index contributed by atoms with van der Waals surface area (Å²) in [6.07, 6.45) is 4.94. The Hall–Kier alpha value is -3.06. The van der Waals surface area contributed by atoms with Gasteiger partial charge in [0.2, 0.25) is 5.91 Å². The average Bonchev–Trinajstić information content (AvgIpc) is 3.30. The Morgan fingerprint density at radius 3 is 2.55 bits per heavy atom. The highest BCUT2D eigenvalue weighted by molar-refractivity contribution is 5.77. The van der Waals surface area contributed by atoms with Gasteiger partial charge in [-0.15, -0.1) is 5.10 Å². The Labute approximate surface area is 194 Å². The van der Waals surface area contributed by atoms with Gasteiger partial charge in [-0.3, -0.25) is 4.79 Å². The fourth-order valence-corrected chi connectivity index (χ4v) is 4.47. The zero-order chi connectivity index (χ0) is 23.4. The highest BCUT2D eigenvalue weighted by Crippen LogP contribution is 2.36. The normalized spacial score (nSPS) is 20.7. The first-order valence-electron chi connectivity index (χ1n) is 11.7. The highest BCUT2D eigenvalue weighted by atomic mass is 19.1. The van der Waals surface area contributed by atoms with Crippen molar-refractivity contribution in [2.45, 2.75) is 64.1 Å². The predicted octanol–water partition coefficient (Wildman–Crippen LogP) is 4.85. The van der Waals surface area contributed by atoms with Crippen LogP contribution in [-0.2, 0) is 4.79 Å². The lowest BCUT2D eigenvalue weighted by Crippen LogP contribution is -2.48. The standard InChI is InChI=1S/C26H31FN4O2/c1-3-4-5-6-26(33)30-17-24(25(32)15-23(30)20-9-7-18(2)8-10-20)31-16-22(28-29-31)19-11-13-21(27)14-12-19/h7-14,16,23-25,32H,3-6,15,17H2,1-2H3. The zero-order valence-electron chi connectivity index (χ0n) is 19.2. The van der Waals surface area contributed by atoms with Crippen molar-refractivity contribution in [2.75, 3.05) is 6.54 Å². The van der Waals surface area contributed by atoms with Crippen LogP contribution in [-0.4, -0.2) is 43.6 Å². The number of hydrogen-bond acceptors (Lipinski definition) is 4. The summed E-state index contributed by atoms with van der Waals surface area (Å²) in [5.74, 6) is -0.210. The molecule has 0 spiro atoms. The first-order chi connectivity index (χ1) is 16.0. The Morgan fingerprint density at radius 2 is 1.85 bits per heavy atom. The molecule has 174 valence electrons. The van der Waals surface area contributed by atoms with Crippen molar-refractivity contribution >= 4 is 5.91 Å². The van der Waals surface area contributed by atoms with Crippen LogP contribution in [0.15, 0.2) is 54.7 Å². The molecule has 3 aromatic rings. The molecule has 2 heterocycles. The van der Waals surface area contributed by atoms with Crippen molar-refractivity contribution in [3.8, 4) is 11.3 Å². The van der Waals surface area contributed by atoms with E-state index in [0.29, 0.717) is 25.1 Å². The number of aryl methyl sites for hydroxylation is 1. The third kappa shape index (κ3) is 5.30. The molecular formula is C26H31FN4O2. The van der Waals surface area contributed by atoms with Gasteiger partial charge < -0.3 is 10.0 Å². The van der Waals surface area contributed by atoms with Gasteiger partial charge in [0.25, 0.3) is 0 Å². The fourth-order valence-electron chi connectivity index (χ4n) is 4.47. The van der Waals surface area contributed by atoms with Crippen molar-refractivity contribution in [1.29, 1.82) is 0 Å². The highest BCUT2D eigenvalue weighted by Gasteiger charge is 2.39. The molecular weight excluding hydrogens is 419 g/mol. The van der Waals surface area contributed by atoms with E-state index >= 15 is 0 Å². The smallest absolute Gasteiger partial charge is 0.223 e. The van der Waals surface area contributed by atoms with E-state index in [2.05, 4.69) is 17.2 Å². The topological polar surface area (TPSA) is 71.2 Å². The molecule has 7 heteroatoms. The Bertz CT molecular complexity index is 1060. The first kappa shape index (κ1) is 23.1. The Balaban J connectivity index is 1.58. The molecule has 1 saturated heterocycles. The molecule has 1 aliphatic heterocycles. The summed E-state index contributed by atoms with van der Waals surface area (Å²) in [6, 6.07) is 13.7. The van der Waals surface area contributed by atoms with Crippen LogP contribution in [0, 0.1) is 12.7 Å². The molecule has 0 radical (unpaired) electrons. The van der Waals surface area contributed by atoms with Crippen LogP contribution in [0.3, 0.4) is 0 Å². The van der Waals surface area contributed by atoms with Crippen molar-refractivity contribution in [3.63, 3.8) is 0 Å². The molecule has 1 amide bonds. The second kappa shape index (κ2) is 10.3. The molecule has 0 aliphatic carbocycles. The van der Waals surface area contributed by atoms with Crippen LogP contribution in [0.25, 0.3) is 11.3 Å². The number of carbonyl (C=O) groups excluding carboxylic acids is 1. The van der Waals surface area contributed by atoms with Gasteiger partial charge in [-0.25, -0.2) is 9.07 Å². The van der Waals surface area contributed by atoms with Gasteiger partial charge in [0.15, 0.2) is 0 Å².